The number of anilines is 2. The van der Waals surface area contributed by atoms with Crippen LogP contribution in [0.1, 0.15) is 12.5 Å². The van der Waals surface area contributed by atoms with E-state index in [0.29, 0.717) is 27.6 Å². The van der Waals surface area contributed by atoms with Crippen molar-refractivity contribution in [1.29, 1.82) is 0 Å². The van der Waals surface area contributed by atoms with Crippen LogP contribution in [0.4, 0.5) is 15.8 Å². The smallest absolute Gasteiger partial charge is 0.263 e. The number of fused-ring (bicyclic) bond motifs is 1. The number of rotatable bonds is 3. The van der Waals surface area contributed by atoms with Gasteiger partial charge in [-0.3, -0.25) is 9.52 Å². The molecule has 0 unspecified atom stereocenters. The lowest BCUT2D eigenvalue weighted by molar-refractivity contribution is -0.116. The summed E-state index contributed by atoms with van der Waals surface area (Å²) in [6.07, 6.45) is 0.655. The lowest BCUT2D eigenvalue weighted by Crippen LogP contribution is -2.26. The highest BCUT2D eigenvalue weighted by atomic mass is 79.9. The highest BCUT2D eigenvalue weighted by Crippen LogP contribution is 2.36. The van der Waals surface area contributed by atoms with Crippen molar-refractivity contribution >= 4 is 59.2 Å². The molecule has 5 nitrogen and oxygen atoms in total. The van der Waals surface area contributed by atoms with Gasteiger partial charge in [0.05, 0.1) is 5.69 Å². The van der Waals surface area contributed by atoms with Crippen molar-refractivity contribution in [2.45, 2.75) is 18.2 Å². The Morgan fingerprint density at radius 2 is 1.96 bits per heavy atom. The van der Waals surface area contributed by atoms with Crippen LogP contribution in [0.2, 0.25) is 0 Å². The van der Waals surface area contributed by atoms with Crippen LogP contribution in [0.5, 0.6) is 0 Å². The Morgan fingerprint density at radius 3 is 2.60 bits per heavy atom. The summed E-state index contributed by atoms with van der Waals surface area (Å²) >= 11 is 6.39. The van der Waals surface area contributed by atoms with Gasteiger partial charge in [0, 0.05) is 28.1 Å². The molecule has 0 aromatic heterocycles. The first-order valence-corrected chi connectivity index (χ1v) is 10.3. The van der Waals surface area contributed by atoms with Crippen LogP contribution < -0.4 is 9.62 Å². The molecule has 1 amide bonds. The maximum atomic E-state index is 14.0. The van der Waals surface area contributed by atoms with Gasteiger partial charge >= 0.3 is 0 Å². The van der Waals surface area contributed by atoms with Crippen LogP contribution in [0.15, 0.2) is 44.2 Å². The molecule has 0 spiro atoms. The van der Waals surface area contributed by atoms with E-state index in [1.165, 1.54) is 36.1 Å². The second-order valence-corrected chi connectivity index (χ2v) is 8.98. The molecule has 2 aromatic carbocycles. The highest BCUT2D eigenvalue weighted by Gasteiger charge is 2.28. The molecule has 1 aliphatic rings. The number of carbonyl (C=O) groups is 1. The first kappa shape index (κ1) is 18.3. The van der Waals surface area contributed by atoms with E-state index in [1.807, 2.05) is 0 Å². The number of amides is 1. The molecule has 0 radical (unpaired) electrons. The summed E-state index contributed by atoms with van der Waals surface area (Å²) in [5.74, 6) is -0.850. The molecule has 1 heterocycles. The quantitative estimate of drug-likeness (QED) is 0.704. The van der Waals surface area contributed by atoms with Crippen molar-refractivity contribution in [3.63, 3.8) is 0 Å². The van der Waals surface area contributed by atoms with Gasteiger partial charge in [-0.15, -0.1) is 0 Å². The lowest BCUT2D eigenvalue weighted by Gasteiger charge is -2.17. The molecule has 0 fully saturated rings. The molecule has 0 aliphatic carbocycles. The number of benzene rings is 2. The minimum absolute atomic E-state index is 0.0540. The first-order chi connectivity index (χ1) is 11.7. The molecular formula is C16H13Br2FN2O3S. The van der Waals surface area contributed by atoms with Gasteiger partial charge in [-0.25, -0.2) is 12.8 Å². The van der Waals surface area contributed by atoms with Crippen molar-refractivity contribution < 1.29 is 17.6 Å². The fourth-order valence-corrected chi connectivity index (χ4v) is 5.20. The molecule has 0 saturated carbocycles. The monoisotopic (exact) mass is 490 g/mol. The van der Waals surface area contributed by atoms with Crippen LogP contribution in [-0.4, -0.2) is 20.9 Å². The lowest BCUT2D eigenvalue weighted by atomic mass is 10.2. The van der Waals surface area contributed by atoms with E-state index in [2.05, 4.69) is 36.6 Å². The normalized spacial score (nSPS) is 13.7. The summed E-state index contributed by atoms with van der Waals surface area (Å²) in [6, 6.07) is 7.17. The predicted molar refractivity (Wildman–Crippen MR) is 101 cm³/mol. The van der Waals surface area contributed by atoms with Gasteiger partial charge in [0.2, 0.25) is 5.91 Å². The van der Waals surface area contributed by atoms with Gasteiger partial charge in [-0.1, -0.05) is 15.9 Å². The minimum Gasteiger partial charge on any atom is -0.312 e. The van der Waals surface area contributed by atoms with Gasteiger partial charge in [-0.2, -0.15) is 0 Å². The van der Waals surface area contributed by atoms with E-state index in [9.17, 15) is 17.6 Å². The molecular weight excluding hydrogens is 479 g/mol. The van der Waals surface area contributed by atoms with Gasteiger partial charge in [0.25, 0.3) is 10.0 Å². The third kappa shape index (κ3) is 3.58. The molecule has 1 N–H and O–H groups in total. The molecule has 0 saturated heterocycles. The molecule has 132 valence electrons. The van der Waals surface area contributed by atoms with E-state index in [-0.39, 0.29) is 16.5 Å². The first-order valence-electron chi connectivity index (χ1n) is 7.27. The number of carbonyl (C=O) groups excluding carboxylic acids is 1. The molecule has 1 aliphatic heterocycles. The summed E-state index contributed by atoms with van der Waals surface area (Å²) in [4.78, 5) is 13.2. The number of nitrogens with one attached hydrogen (secondary N) is 1. The van der Waals surface area contributed by atoms with E-state index >= 15 is 0 Å². The van der Waals surface area contributed by atoms with E-state index in [1.54, 1.807) is 6.07 Å². The zero-order chi connectivity index (χ0) is 18.4. The standard InChI is InChI=1S/C16H13Br2FN2O3S/c1-9(22)21-5-4-10-6-12(18)16(8-15(10)21)25(23,24)20-14-3-2-11(17)7-13(14)19/h2-3,6-8,20H,4-5H2,1H3. The van der Waals surface area contributed by atoms with Crippen molar-refractivity contribution in [3.05, 3.63) is 50.7 Å². The summed E-state index contributed by atoms with van der Waals surface area (Å²) in [5, 5.41) is 0. The third-order valence-corrected chi connectivity index (χ3v) is 6.69. The molecule has 0 bridgehead atoms. The van der Waals surface area contributed by atoms with Crippen LogP contribution in [0.25, 0.3) is 0 Å². The SMILES string of the molecule is CC(=O)N1CCc2cc(Br)c(S(=O)(=O)Nc3ccc(Br)cc3F)cc21. The largest absolute Gasteiger partial charge is 0.312 e. The fourth-order valence-electron chi connectivity index (χ4n) is 2.69. The molecule has 9 heteroatoms. The summed E-state index contributed by atoms with van der Waals surface area (Å²) in [6.45, 7) is 1.94. The minimum atomic E-state index is -4.04. The Hall–Kier alpha value is -1.45. The average molecular weight is 492 g/mol. The second-order valence-electron chi connectivity index (χ2n) is 5.56. The van der Waals surface area contributed by atoms with Gasteiger partial charge in [0.15, 0.2) is 0 Å². The number of hydrogen-bond donors (Lipinski definition) is 1. The van der Waals surface area contributed by atoms with E-state index in [4.69, 9.17) is 0 Å². The van der Waals surface area contributed by atoms with Crippen molar-refractivity contribution in [3.8, 4) is 0 Å². The number of halogens is 3. The maximum Gasteiger partial charge on any atom is 0.263 e. The van der Waals surface area contributed by atoms with Crippen LogP contribution in [0.3, 0.4) is 0 Å². The fraction of sp³-hybridized carbons (Fsp3) is 0.188. The number of hydrogen-bond acceptors (Lipinski definition) is 3. The molecule has 0 atom stereocenters. The van der Waals surface area contributed by atoms with Crippen molar-refractivity contribution in [1.82, 2.24) is 0 Å². The molecule has 25 heavy (non-hydrogen) atoms. The maximum absolute atomic E-state index is 14.0. The van der Waals surface area contributed by atoms with E-state index in [0.717, 1.165) is 5.56 Å². The van der Waals surface area contributed by atoms with Gasteiger partial charge < -0.3 is 4.90 Å². The predicted octanol–water partition coefficient (Wildman–Crippen LogP) is 4.06. The Morgan fingerprint density at radius 1 is 1.24 bits per heavy atom. The van der Waals surface area contributed by atoms with E-state index < -0.39 is 15.8 Å². The number of sulfonamides is 1. The second kappa shape index (κ2) is 6.69. The summed E-state index contributed by atoms with van der Waals surface area (Å²) in [5.41, 5.74) is 1.29. The Kier molecular flexibility index (Phi) is 4.91. The van der Waals surface area contributed by atoms with Gasteiger partial charge in [-0.05, 0) is 58.2 Å². The Balaban J connectivity index is 2.03. The Bertz CT molecular complexity index is 980. The van der Waals surface area contributed by atoms with Crippen LogP contribution >= 0.6 is 31.9 Å². The number of nitrogens with zero attached hydrogens (tertiary/aromatic N) is 1. The zero-order valence-electron chi connectivity index (χ0n) is 13.0. The highest BCUT2D eigenvalue weighted by molar-refractivity contribution is 9.10. The van der Waals surface area contributed by atoms with Crippen LogP contribution in [0, 0.1) is 5.82 Å². The van der Waals surface area contributed by atoms with Gasteiger partial charge in [0.1, 0.15) is 10.7 Å². The summed E-state index contributed by atoms with van der Waals surface area (Å²) < 4.78 is 42.5. The summed E-state index contributed by atoms with van der Waals surface area (Å²) in [7, 11) is -4.04. The van der Waals surface area contributed by atoms with Crippen molar-refractivity contribution in [2.75, 3.05) is 16.2 Å². The average Bonchev–Trinajstić information content (AvgIpc) is 2.92. The molecule has 2 aromatic rings. The Labute approximate surface area is 161 Å². The van der Waals surface area contributed by atoms with Crippen LogP contribution in [-0.2, 0) is 21.2 Å². The topological polar surface area (TPSA) is 66.5 Å². The van der Waals surface area contributed by atoms with Crippen molar-refractivity contribution in [2.24, 2.45) is 0 Å². The molecule has 3 rings (SSSR count). The third-order valence-electron chi connectivity index (χ3n) is 3.87. The zero-order valence-corrected chi connectivity index (χ0v) is 17.0.